The molecule has 0 aromatic heterocycles. The molecule has 16 heavy (non-hydrogen) atoms. The summed E-state index contributed by atoms with van der Waals surface area (Å²) in [6.07, 6.45) is 0. The van der Waals surface area contributed by atoms with Gasteiger partial charge in [-0.05, 0) is 25.5 Å². The number of hydrogen-bond acceptors (Lipinski definition) is 3. The number of anilines is 1. The first-order chi connectivity index (χ1) is 7.74. The number of para-hydroxylation sites is 1. The second-order valence-electron chi connectivity index (χ2n) is 4.53. The molecule has 0 radical (unpaired) electrons. The zero-order chi connectivity index (χ0) is 11.5. The largest absolute Gasteiger partial charge is 0.377 e. The maximum absolute atomic E-state index is 5.79. The first-order valence-corrected chi connectivity index (χ1v) is 5.88. The van der Waals surface area contributed by atoms with Crippen LogP contribution >= 0.6 is 0 Å². The Hall–Kier alpha value is -1.06. The minimum atomic E-state index is 0.474. The van der Waals surface area contributed by atoms with Crippen LogP contribution in [0.4, 0.5) is 5.69 Å². The van der Waals surface area contributed by atoms with Crippen molar-refractivity contribution in [2.45, 2.75) is 32.5 Å². The van der Waals surface area contributed by atoms with Gasteiger partial charge in [-0.1, -0.05) is 18.2 Å². The lowest BCUT2D eigenvalue weighted by molar-refractivity contribution is 0.00573. The van der Waals surface area contributed by atoms with Crippen LogP contribution in [0, 0.1) is 0 Å². The summed E-state index contributed by atoms with van der Waals surface area (Å²) >= 11 is 0. The number of nitrogens with zero attached hydrogens (tertiary/aromatic N) is 1. The van der Waals surface area contributed by atoms with Gasteiger partial charge in [0.2, 0.25) is 0 Å². The van der Waals surface area contributed by atoms with Gasteiger partial charge >= 0.3 is 0 Å². The Labute approximate surface area is 97.2 Å². The number of nitrogens with two attached hydrogens (primary N) is 1. The predicted molar refractivity (Wildman–Crippen MR) is 66.6 cm³/mol. The van der Waals surface area contributed by atoms with E-state index in [1.54, 1.807) is 0 Å². The van der Waals surface area contributed by atoms with Gasteiger partial charge in [-0.3, -0.25) is 0 Å². The van der Waals surface area contributed by atoms with E-state index in [9.17, 15) is 0 Å². The molecule has 1 fully saturated rings. The second kappa shape index (κ2) is 4.85. The van der Waals surface area contributed by atoms with Gasteiger partial charge in [0.05, 0.1) is 19.3 Å². The van der Waals surface area contributed by atoms with Gasteiger partial charge in [-0.25, -0.2) is 0 Å². The third-order valence-corrected chi connectivity index (χ3v) is 3.06. The third-order valence-electron chi connectivity index (χ3n) is 3.06. The molecule has 1 heterocycles. The minimum absolute atomic E-state index is 0.474. The van der Waals surface area contributed by atoms with Crippen LogP contribution in [0.3, 0.4) is 0 Å². The lowest BCUT2D eigenvalue weighted by atomic mass is 10.1. The summed E-state index contributed by atoms with van der Waals surface area (Å²) in [4.78, 5) is 2.42. The highest BCUT2D eigenvalue weighted by atomic mass is 16.5. The van der Waals surface area contributed by atoms with Crippen molar-refractivity contribution in [1.29, 1.82) is 0 Å². The Balaban J connectivity index is 2.30. The van der Waals surface area contributed by atoms with Crippen molar-refractivity contribution in [2.24, 2.45) is 5.73 Å². The van der Waals surface area contributed by atoms with E-state index in [1.165, 1.54) is 11.3 Å². The normalized spacial score (nSPS) is 16.2. The van der Waals surface area contributed by atoms with Crippen molar-refractivity contribution in [3.8, 4) is 0 Å². The van der Waals surface area contributed by atoms with Crippen molar-refractivity contribution < 1.29 is 4.74 Å². The summed E-state index contributed by atoms with van der Waals surface area (Å²) in [5.74, 6) is 0. The Kier molecular flexibility index (Phi) is 3.46. The van der Waals surface area contributed by atoms with Crippen molar-refractivity contribution in [1.82, 2.24) is 0 Å². The summed E-state index contributed by atoms with van der Waals surface area (Å²) in [5, 5.41) is 0. The quantitative estimate of drug-likeness (QED) is 0.840. The molecule has 0 saturated carbocycles. The molecule has 2 N–H and O–H groups in total. The SMILES string of the molecule is CC(C)N(c1ccccc1CN)C1COC1. The summed E-state index contributed by atoms with van der Waals surface area (Å²) in [5.41, 5.74) is 8.26. The molecule has 0 amide bonds. The zero-order valence-corrected chi connectivity index (χ0v) is 10.0. The zero-order valence-electron chi connectivity index (χ0n) is 10.0. The van der Waals surface area contributed by atoms with E-state index in [4.69, 9.17) is 10.5 Å². The highest BCUT2D eigenvalue weighted by Gasteiger charge is 2.29. The lowest BCUT2D eigenvalue weighted by Crippen LogP contribution is -2.52. The summed E-state index contributed by atoms with van der Waals surface area (Å²) in [7, 11) is 0. The number of ether oxygens (including phenoxy) is 1. The fraction of sp³-hybridized carbons (Fsp3) is 0.538. The van der Waals surface area contributed by atoms with E-state index in [2.05, 4.69) is 36.9 Å². The molecule has 0 spiro atoms. The standard InChI is InChI=1S/C13H20N2O/c1-10(2)15(12-8-16-9-12)13-6-4-3-5-11(13)7-14/h3-6,10,12H,7-9,14H2,1-2H3. The Morgan fingerprint density at radius 3 is 2.56 bits per heavy atom. The van der Waals surface area contributed by atoms with Crippen LogP contribution in [0.2, 0.25) is 0 Å². The van der Waals surface area contributed by atoms with E-state index < -0.39 is 0 Å². The number of benzene rings is 1. The van der Waals surface area contributed by atoms with Crippen LogP contribution in [0.15, 0.2) is 24.3 Å². The van der Waals surface area contributed by atoms with E-state index in [-0.39, 0.29) is 0 Å². The van der Waals surface area contributed by atoms with Gasteiger partial charge < -0.3 is 15.4 Å². The van der Waals surface area contributed by atoms with E-state index in [1.807, 2.05) is 6.07 Å². The molecule has 3 heteroatoms. The molecular weight excluding hydrogens is 200 g/mol. The van der Waals surface area contributed by atoms with Crippen LogP contribution in [-0.4, -0.2) is 25.3 Å². The lowest BCUT2D eigenvalue weighted by Gasteiger charge is -2.42. The van der Waals surface area contributed by atoms with E-state index in [0.717, 1.165) is 13.2 Å². The molecule has 1 aliphatic heterocycles. The van der Waals surface area contributed by atoms with Gasteiger partial charge in [-0.15, -0.1) is 0 Å². The molecule has 0 bridgehead atoms. The van der Waals surface area contributed by atoms with Crippen molar-refractivity contribution in [3.05, 3.63) is 29.8 Å². The molecule has 0 unspecified atom stereocenters. The molecular formula is C13H20N2O. The van der Waals surface area contributed by atoms with E-state index >= 15 is 0 Å². The first-order valence-electron chi connectivity index (χ1n) is 5.88. The van der Waals surface area contributed by atoms with Crippen molar-refractivity contribution in [2.75, 3.05) is 18.1 Å². The van der Waals surface area contributed by atoms with Gasteiger partial charge in [0, 0.05) is 18.3 Å². The molecule has 2 rings (SSSR count). The fourth-order valence-corrected chi connectivity index (χ4v) is 2.22. The Morgan fingerprint density at radius 1 is 1.38 bits per heavy atom. The monoisotopic (exact) mass is 220 g/mol. The van der Waals surface area contributed by atoms with Gasteiger partial charge in [0.15, 0.2) is 0 Å². The topological polar surface area (TPSA) is 38.5 Å². The summed E-state index contributed by atoms with van der Waals surface area (Å²) < 4.78 is 5.29. The van der Waals surface area contributed by atoms with E-state index in [0.29, 0.717) is 18.6 Å². The average Bonchev–Trinajstić information content (AvgIpc) is 2.22. The predicted octanol–water partition coefficient (Wildman–Crippen LogP) is 1.76. The van der Waals surface area contributed by atoms with Crippen molar-refractivity contribution in [3.63, 3.8) is 0 Å². The van der Waals surface area contributed by atoms with Crippen LogP contribution in [-0.2, 0) is 11.3 Å². The summed E-state index contributed by atoms with van der Waals surface area (Å²) in [6.45, 7) is 6.68. The number of hydrogen-bond donors (Lipinski definition) is 1. The molecule has 0 aliphatic carbocycles. The van der Waals surface area contributed by atoms with Gasteiger partial charge in [0.25, 0.3) is 0 Å². The first kappa shape index (κ1) is 11.4. The average molecular weight is 220 g/mol. The van der Waals surface area contributed by atoms with Crippen LogP contribution in [0.25, 0.3) is 0 Å². The van der Waals surface area contributed by atoms with Crippen LogP contribution < -0.4 is 10.6 Å². The smallest absolute Gasteiger partial charge is 0.0760 e. The fourth-order valence-electron chi connectivity index (χ4n) is 2.22. The summed E-state index contributed by atoms with van der Waals surface area (Å²) in [6, 6.07) is 9.35. The van der Waals surface area contributed by atoms with Crippen molar-refractivity contribution >= 4 is 5.69 Å². The molecule has 0 atom stereocenters. The highest BCUT2D eigenvalue weighted by Crippen LogP contribution is 2.27. The molecule has 3 nitrogen and oxygen atoms in total. The van der Waals surface area contributed by atoms with Crippen LogP contribution in [0.5, 0.6) is 0 Å². The highest BCUT2D eigenvalue weighted by molar-refractivity contribution is 5.55. The maximum Gasteiger partial charge on any atom is 0.0760 e. The maximum atomic E-state index is 5.79. The molecule has 1 saturated heterocycles. The minimum Gasteiger partial charge on any atom is -0.377 e. The molecule has 1 aromatic carbocycles. The molecule has 88 valence electrons. The third kappa shape index (κ3) is 2.06. The Morgan fingerprint density at radius 2 is 2.06 bits per heavy atom. The van der Waals surface area contributed by atoms with Gasteiger partial charge in [-0.2, -0.15) is 0 Å². The molecule has 1 aliphatic rings. The Bertz CT molecular complexity index is 348. The second-order valence-corrected chi connectivity index (χ2v) is 4.53. The van der Waals surface area contributed by atoms with Gasteiger partial charge in [0.1, 0.15) is 0 Å². The van der Waals surface area contributed by atoms with Crippen LogP contribution in [0.1, 0.15) is 19.4 Å². The molecule has 1 aromatic rings. The number of rotatable bonds is 4.